The fourth-order valence-corrected chi connectivity index (χ4v) is 2.76. The summed E-state index contributed by atoms with van der Waals surface area (Å²) in [6.45, 7) is 4.59. The lowest BCUT2D eigenvalue weighted by Gasteiger charge is -2.11. The van der Waals surface area contributed by atoms with E-state index in [0.29, 0.717) is 22.9 Å². The number of fused-ring (bicyclic) bond motifs is 1. The molecule has 0 saturated heterocycles. The van der Waals surface area contributed by atoms with Crippen molar-refractivity contribution in [3.63, 3.8) is 0 Å². The van der Waals surface area contributed by atoms with Crippen LogP contribution in [0.1, 0.15) is 12.6 Å². The van der Waals surface area contributed by atoms with E-state index in [1.54, 1.807) is 10.7 Å². The Morgan fingerprint density at radius 1 is 1.40 bits per heavy atom. The molecule has 0 aliphatic rings. The third-order valence-corrected chi connectivity index (χ3v) is 3.95. The molecule has 3 aromatic rings. The van der Waals surface area contributed by atoms with Gasteiger partial charge >= 0.3 is 0 Å². The van der Waals surface area contributed by atoms with E-state index in [0.717, 1.165) is 34.3 Å². The number of benzene rings is 1. The Bertz CT molecular complexity index is 778. The highest BCUT2D eigenvalue weighted by molar-refractivity contribution is 7.00. The molecule has 0 spiro atoms. The van der Waals surface area contributed by atoms with Gasteiger partial charge in [0.1, 0.15) is 11.0 Å². The third kappa shape index (κ3) is 1.99. The van der Waals surface area contributed by atoms with Gasteiger partial charge in [-0.3, -0.25) is 0 Å². The van der Waals surface area contributed by atoms with E-state index >= 15 is 0 Å². The van der Waals surface area contributed by atoms with Gasteiger partial charge in [-0.15, -0.1) is 0 Å². The summed E-state index contributed by atoms with van der Waals surface area (Å²) in [5, 5.41) is 8.21. The van der Waals surface area contributed by atoms with Crippen molar-refractivity contribution in [3.8, 4) is 0 Å². The molecule has 0 aliphatic carbocycles. The van der Waals surface area contributed by atoms with E-state index in [-0.39, 0.29) is 0 Å². The summed E-state index contributed by atoms with van der Waals surface area (Å²) in [7, 11) is 0. The van der Waals surface area contributed by atoms with Crippen molar-refractivity contribution in [3.05, 3.63) is 22.8 Å². The van der Waals surface area contributed by atoms with Crippen molar-refractivity contribution in [2.45, 2.75) is 20.4 Å². The first-order valence-corrected chi connectivity index (χ1v) is 7.23. The molecule has 0 radical (unpaired) electrons. The largest absolute Gasteiger partial charge is 0.394 e. The van der Waals surface area contributed by atoms with Gasteiger partial charge in [-0.2, -0.15) is 13.8 Å². The smallest absolute Gasteiger partial charge is 0.152 e. The lowest BCUT2D eigenvalue weighted by atomic mass is 10.2. The van der Waals surface area contributed by atoms with Crippen molar-refractivity contribution < 1.29 is 0 Å². The molecule has 2 aromatic heterocycles. The number of nitrogens with zero attached hydrogens (tertiary/aromatic N) is 4. The van der Waals surface area contributed by atoms with Crippen LogP contribution in [0.2, 0.25) is 5.02 Å². The zero-order valence-corrected chi connectivity index (χ0v) is 12.6. The molecule has 1 aromatic carbocycles. The molecule has 6 nitrogen and oxygen atoms in total. The molecule has 0 amide bonds. The summed E-state index contributed by atoms with van der Waals surface area (Å²) in [4.78, 5) is 0. The minimum Gasteiger partial charge on any atom is -0.394 e. The molecule has 0 saturated carbocycles. The lowest BCUT2D eigenvalue weighted by molar-refractivity contribution is 0.661. The normalized spacial score (nSPS) is 11.2. The van der Waals surface area contributed by atoms with Crippen LogP contribution in [0.4, 0.5) is 17.2 Å². The minimum atomic E-state index is 0.575. The van der Waals surface area contributed by atoms with E-state index in [1.165, 1.54) is 0 Å². The van der Waals surface area contributed by atoms with Gasteiger partial charge < -0.3 is 11.1 Å². The molecule has 2 heterocycles. The number of aryl methyl sites for hydroxylation is 2. The Hall–Kier alpha value is -1.86. The van der Waals surface area contributed by atoms with Gasteiger partial charge in [0, 0.05) is 6.54 Å². The number of hydrogen-bond donors (Lipinski definition) is 2. The summed E-state index contributed by atoms with van der Waals surface area (Å²) < 4.78 is 10.3. The fraction of sp³-hybridized carbons (Fsp3) is 0.250. The van der Waals surface area contributed by atoms with E-state index < -0.39 is 0 Å². The lowest BCUT2D eigenvalue weighted by Crippen LogP contribution is -2.05. The number of nitrogens with one attached hydrogen (secondary N) is 1. The van der Waals surface area contributed by atoms with Crippen molar-refractivity contribution in [1.82, 2.24) is 18.5 Å². The van der Waals surface area contributed by atoms with E-state index in [4.69, 9.17) is 17.3 Å². The van der Waals surface area contributed by atoms with Crippen LogP contribution in [0.15, 0.2) is 12.1 Å². The van der Waals surface area contributed by atoms with Gasteiger partial charge in [-0.05, 0) is 26.0 Å². The zero-order valence-electron chi connectivity index (χ0n) is 11.0. The first-order valence-electron chi connectivity index (χ1n) is 6.12. The van der Waals surface area contributed by atoms with Crippen molar-refractivity contribution in [2.24, 2.45) is 0 Å². The standard InChI is InChI=1S/C12H13ClN6S/c1-3-19-12(9(14)6(2)16-19)15-10-7(13)4-5-8-11(10)18-20-17-8/h4-5,15H,3,14H2,1-2H3. The molecule has 0 fully saturated rings. The monoisotopic (exact) mass is 308 g/mol. The quantitative estimate of drug-likeness (QED) is 0.776. The number of hydrogen-bond acceptors (Lipinski definition) is 6. The van der Waals surface area contributed by atoms with E-state index in [2.05, 4.69) is 19.2 Å². The molecular formula is C12H13ClN6S. The van der Waals surface area contributed by atoms with Gasteiger partial charge in [-0.25, -0.2) is 4.68 Å². The Balaban J connectivity index is 2.14. The van der Waals surface area contributed by atoms with Gasteiger partial charge in [0.2, 0.25) is 0 Å². The van der Waals surface area contributed by atoms with Crippen LogP contribution in [0.5, 0.6) is 0 Å². The predicted molar refractivity (Wildman–Crippen MR) is 82.8 cm³/mol. The zero-order chi connectivity index (χ0) is 14.3. The van der Waals surface area contributed by atoms with Crippen LogP contribution in [-0.2, 0) is 6.54 Å². The number of nitrogen functional groups attached to an aromatic ring is 1. The average Bonchev–Trinajstić information content (AvgIpc) is 3.01. The summed E-state index contributed by atoms with van der Waals surface area (Å²) in [5.41, 5.74) is 9.73. The highest BCUT2D eigenvalue weighted by atomic mass is 35.5. The summed E-state index contributed by atoms with van der Waals surface area (Å²) in [5.74, 6) is 0.729. The van der Waals surface area contributed by atoms with Crippen LogP contribution in [0.3, 0.4) is 0 Å². The topological polar surface area (TPSA) is 81.7 Å². The summed E-state index contributed by atoms with van der Waals surface area (Å²) in [6.07, 6.45) is 0. The van der Waals surface area contributed by atoms with Gasteiger partial charge in [-0.1, -0.05) is 11.6 Å². The summed E-state index contributed by atoms with van der Waals surface area (Å²) >= 11 is 7.42. The number of rotatable bonds is 3. The molecule has 3 rings (SSSR count). The van der Waals surface area contributed by atoms with Crippen molar-refractivity contribution in [1.29, 1.82) is 0 Å². The Morgan fingerprint density at radius 3 is 2.95 bits per heavy atom. The number of halogens is 1. The molecule has 3 N–H and O–H groups in total. The maximum atomic E-state index is 6.27. The first-order chi connectivity index (χ1) is 9.61. The van der Waals surface area contributed by atoms with Crippen LogP contribution in [0.25, 0.3) is 11.0 Å². The first kappa shape index (κ1) is 13.1. The van der Waals surface area contributed by atoms with E-state index in [9.17, 15) is 0 Å². The molecule has 8 heteroatoms. The predicted octanol–water partition coefficient (Wildman–Crippen LogP) is 3.20. The van der Waals surface area contributed by atoms with Crippen LogP contribution < -0.4 is 11.1 Å². The van der Waals surface area contributed by atoms with Crippen molar-refractivity contribution in [2.75, 3.05) is 11.1 Å². The maximum absolute atomic E-state index is 6.27. The molecule has 0 aliphatic heterocycles. The molecule has 104 valence electrons. The van der Waals surface area contributed by atoms with Gasteiger partial charge in [0.05, 0.1) is 33.8 Å². The minimum absolute atomic E-state index is 0.575. The fourth-order valence-electron chi connectivity index (χ4n) is 2.02. The SMILES string of the molecule is CCn1nc(C)c(N)c1Nc1c(Cl)ccc2nsnc12. The molecule has 0 atom stereocenters. The summed E-state index contributed by atoms with van der Waals surface area (Å²) in [6, 6.07) is 3.64. The average molecular weight is 309 g/mol. The van der Waals surface area contributed by atoms with E-state index in [1.807, 2.05) is 19.9 Å². The van der Waals surface area contributed by atoms with Gasteiger partial charge in [0.15, 0.2) is 5.82 Å². The highest BCUT2D eigenvalue weighted by Gasteiger charge is 2.16. The molecule has 0 unspecified atom stereocenters. The Kier molecular flexibility index (Phi) is 3.23. The second-order valence-electron chi connectivity index (χ2n) is 4.34. The molecular weight excluding hydrogens is 296 g/mol. The number of anilines is 3. The molecule has 0 bridgehead atoms. The third-order valence-electron chi connectivity index (χ3n) is 3.09. The Morgan fingerprint density at radius 2 is 2.20 bits per heavy atom. The maximum Gasteiger partial charge on any atom is 0.152 e. The van der Waals surface area contributed by atoms with Crippen molar-refractivity contribution >= 4 is 51.6 Å². The number of aromatic nitrogens is 4. The Labute approximate surface area is 124 Å². The van der Waals surface area contributed by atoms with Crippen LogP contribution in [0, 0.1) is 6.92 Å². The number of nitrogens with two attached hydrogens (primary N) is 1. The van der Waals surface area contributed by atoms with Crippen LogP contribution >= 0.6 is 23.3 Å². The second-order valence-corrected chi connectivity index (χ2v) is 5.28. The second kappa shape index (κ2) is 4.92. The molecule has 20 heavy (non-hydrogen) atoms. The highest BCUT2D eigenvalue weighted by Crippen LogP contribution is 2.34. The van der Waals surface area contributed by atoms with Gasteiger partial charge in [0.25, 0.3) is 0 Å². The van der Waals surface area contributed by atoms with Crippen LogP contribution in [-0.4, -0.2) is 18.5 Å².